The third-order valence-corrected chi connectivity index (χ3v) is 6.36. The minimum Gasteiger partial charge on any atom is -0.456 e. The maximum Gasteiger partial charge on any atom is 0.343 e. The zero-order valence-corrected chi connectivity index (χ0v) is 20.6. The molecule has 0 bridgehead atoms. The Morgan fingerprint density at radius 3 is 2.05 bits per heavy atom. The fourth-order valence-electron chi connectivity index (χ4n) is 2.92. The first kappa shape index (κ1) is 27.2. The van der Waals surface area contributed by atoms with Crippen molar-refractivity contribution in [2.75, 3.05) is 19.7 Å². The maximum atomic E-state index is 12.3. The minimum absolute atomic E-state index is 0.00168. The monoisotopic (exact) mass is 524 g/mol. The second kappa shape index (κ2) is 12.6. The Morgan fingerprint density at radius 2 is 1.41 bits per heavy atom. The largest absolute Gasteiger partial charge is 0.456 e. The van der Waals surface area contributed by atoms with Gasteiger partial charge in [-0.05, 0) is 55.5 Å². The van der Waals surface area contributed by atoms with E-state index in [1.165, 1.54) is 36.4 Å². The van der Waals surface area contributed by atoms with E-state index in [2.05, 4.69) is 10.0 Å². The molecule has 0 aromatic heterocycles. The molecular formula is C26H24N2O8S. The van der Waals surface area contributed by atoms with Crippen LogP contribution in [0.1, 0.15) is 26.3 Å². The lowest BCUT2D eigenvalue weighted by Crippen LogP contribution is -2.39. The summed E-state index contributed by atoms with van der Waals surface area (Å²) in [6.07, 6.45) is 0. The smallest absolute Gasteiger partial charge is 0.343 e. The Labute approximate surface area is 213 Å². The number of hydrogen-bond acceptors (Lipinski definition) is 8. The number of nitrogens with one attached hydrogen (secondary N) is 2. The van der Waals surface area contributed by atoms with Gasteiger partial charge in [0.25, 0.3) is 0 Å². The van der Waals surface area contributed by atoms with Crippen molar-refractivity contribution in [2.45, 2.75) is 11.8 Å². The fraction of sp³-hybridized carbons (Fsp3) is 0.154. The summed E-state index contributed by atoms with van der Waals surface area (Å²) in [7, 11) is -3.87. The number of sulfonamides is 1. The molecule has 192 valence electrons. The van der Waals surface area contributed by atoms with Crippen molar-refractivity contribution >= 4 is 33.7 Å². The third kappa shape index (κ3) is 8.37. The molecule has 0 aliphatic carbocycles. The zero-order chi connectivity index (χ0) is 26.8. The second-order valence-electron chi connectivity index (χ2n) is 7.78. The number of ether oxygens (including phenoxy) is 2. The summed E-state index contributed by atoms with van der Waals surface area (Å²) in [4.78, 5) is 48.1. The molecule has 0 atom stereocenters. The third-order valence-electron chi connectivity index (χ3n) is 4.94. The van der Waals surface area contributed by atoms with Gasteiger partial charge in [0.15, 0.2) is 12.4 Å². The predicted octanol–water partition coefficient (Wildman–Crippen LogP) is 2.03. The number of amides is 1. The van der Waals surface area contributed by atoms with Crippen LogP contribution in [0.4, 0.5) is 0 Å². The van der Waals surface area contributed by atoms with Crippen molar-refractivity contribution in [2.24, 2.45) is 0 Å². The first-order chi connectivity index (χ1) is 17.6. The molecule has 3 aromatic rings. The van der Waals surface area contributed by atoms with Gasteiger partial charge in [-0.3, -0.25) is 14.4 Å². The summed E-state index contributed by atoms with van der Waals surface area (Å²) in [5.41, 5.74) is 1.62. The average molecular weight is 525 g/mol. The zero-order valence-electron chi connectivity index (χ0n) is 19.8. The second-order valence-corrected chi connectivity index (χ2v) is 9.55. The molecule has 0 aliphatic rings. The van der Waals surface area contributed by atoms with E-state index in [9.17, 15) is 27.6 Å². The number of ketones is 1. The fourth-order valence-corrected chi connectivity index (χ4v) is 3.92. The highest BCUT2D eigenvalue weighted by molar-refractivity contribution is 7.89. The molecule has 0 unspecified atom stereocenters. The van der Waals surface area contributed by atoms with E-state index in [0.717, 1.165) is 5.56 Å². The first-order valence-electron chi connectivity index (χ1n) is 11.0. The molecule has 3 rings (SSSR count). The summed E-state index contributed by atoms with van der Waals surface area (Å²) in [6, 6.07) is 20.1. The van der Waals surface area contributed by atoms with Gasteiger partial charge in [0.2, 0.25) is 15.9 Å². The number of aryl methyl sites for hydroxylation is 1. The highest BCUT2D eigenvalue weighted by Crippen LogP contribution is 2.15. The highest BCUT2D eigenvalue weighted by Gasteiger charge is 2.16. The topological polar surface area (TPSA) is 145 Å². The van der Waals surface area contributed by atoms with Crippen LogP contribution in [0.15, 0.2) is 83.8 Å². The quantitative estimate of drug-likeness (QED) is 0.220. The van der Waals surface area contributed by atoms with Gasteiger partial charge in [0, 0.05) is 5.56 Å². The van der Waals surface area contributed by atoms with Crippen LogP contribution in [-0.2, 0) is 24.3 Å². The van der Waals surface area contributed by atoms with Crippen LogP contribution in [0.25, 0.3) is 0 Å². The van der Waals surface area contributed by atoms with E-state index in [-0.39, 0.29) is 16.2 Å². The lowest BCUT2D eigenvalue weighted by Gasteiger charge is -2.08. The Morgan fingerprint density at radius 1 is 0.784 bits per heavy atom. The number of esters is 2. The molecule has 10 nitrogen and oxygen atoms in total. The van der Waals surface area contributed by atoms with Gasteiger partial charge in [0.1, 0.15) is 12.3 Å². The molecule has 0 spiro atoms. The molecular weight excluding hydrogens is 500 g/mol. The van der Waals surface area contributed by atoms with Gasteiger partial charge in [-0.1, -0.05) is 35.9 Å². The minimum atomic E-state index is -3.87. The van der Waals surface area contributed by atoms with Crippen molar-refractivity contribution in [3.63, 3.8) is 0 Å². The molecule has 3 aromatic carbocycles. The van der Waals surface area contributed by atoms with Crippen LogP contribution in [0.2, 0.25) is 0 Å². The normalized spacial score (nSPS) is 10.8. The number of rotatable bonds is 11. The van der Waals surface area contributed by atoms with E-state index >= 15 is 0 Å². The maximum absolute atomic E-state index is 12.3. The van der Waals surface area contributed by atoms with E-state index < -0.39 is 53.3 Å². The number of Topliss-reactive ketones (excluding diaryl/α,β-unsaturated/α-hetero) is 1. The summed E-state index contributed by atoms with van der Waals surface area (Å²) in [6.45, 7) is 0.202. The molecule has 11 heteroatoms. The first-order valence-corrected chi connectivity index (χ1v) is 12.5. The van der Waals surface area contributed by atoms with E-state index in [4.69, 9.17) is 9.47 Å². The number of carbonyl (C=O) groups is 4. The van der Waals surface area contributed by atoms with E-state index in [0.29, 0.717) is 5.56 Å². The molecule has 0 saturated heterocycles. The summed E-state index contributed by atoms with van der Waals surface area (Å²) < 4.78 is 36.4. The van der Waals surface area contributed by atoms with Crippen molar-refractivity contribution in [3.8, 4) is 5.75 Å². The molecule has 0 radical (unpaired) electrons. The molecule has 37 heavy (non-hydrogen) atoms. The van der Waals surface area contributed by atoms with Gasteiger partial charge in [-0.2, -0.15) is 0 Å². The van der Waals surface area contributed by atoms with Crippen LogP contribution >= 0.6 is 0 Å². The van der Waals surface area contributed by atoms with E-state index in [1.54, 1.807) is 42.5 Å². The molecule has 0 heterocycles. The van der Waals surface area contributed by atoms with Crippen LogP contribution in [-0.4, -0.2) is 51.7 Å². The predicted molar refractivity (Wildman–Crippen MR) is 133 cm³/mol. The summed E-state index contributed by atoms with van der Waals surface area (Å²) >= 11 is 0. The Hall–Kier alpha value is -4.35. The van der Waals surface area contributed by atoms with Crippen molar-refractivity contribution in [1.82, 2.24) is 10.0 Å². The molecule has 2 N–H and O–H groups in total. The summed E-state index contributed by atoms with van der Waals surface area (Å²) in [5, 5.41) is 2.21. The van der Waals surface area contributed by atoms with Gasteiger partial charge in [-0.25, -0.2) is 17.9 Å². The Balaban J connectivity index is 1.39. The molecule has 0 aliphatic heterocycles. The molecule has 0 saturated carbocycles. The van der Waals surface area contributed by atoms with Gasteiger partial charge < -0.3 is 14.8 Å². The van der Waals surface area contributed by atoms with Gasteiger partial charge in [-0.15, -0.1) is 0 Å². The SMILES string of the molecule is Cc1ccc(C(=O)Oc2ccc(C(=O)COC(=O)CNC(=O)CNS(=O)(=O)c3ccccc3)cc2)cc1. The van der Waals surface area contributed by atoms with E-state index in [1.807, 2.05) is 6.92 Å². The molecule has 1 amide bonds. The average Bonchev–Trinajstić information content (AvgIpc) is 2.90. The summed E-state index contributed by atoms with van der Waals surface area (Å²) in [5.74, 6) is -2.44. The van der Waals surface area contributed by atoms with Gasteiger partial charge in [0.05, 0.1) is 17.0 Å². The van der Waals surface area contributed by atoms with Crippen LogP contribution in [0.3, 0.4) is 0 Å². The van der Waals surface area contributed by atoms with Crippen LogP contribution in [0.5, 0.6) is 5.75 Å². The standard InChI is InChI=1S/C26H24N2O8S/c1-18-7-9-20(10-8-18)26(32)36-21-13-11-19(12-14-21)23(29)17-35-25(31)16-27-24(30)15-28-37(33,34)22-5-3-2-4-6-22/h2-14,28H,15-17H2,1H3,(H,27,30). The lowest BCUT2D eigenvalue weighted by molar-refractivity contribution is -0.142. The van der Waals surface area contributed by atoms with Crippen molar-refractivity contribution in [1.29, 1.82) is 0 Å². The van der Waals surface area contributed by atoms with Crippen molar-refractivity contribution in [3.05, 3.63) is 95.6 Å². The number of carbonyl (C=O) groups excluding carboxylic acids is 4. The van der Waals surface area contributed by atoms with Crippen molar-refractivity contribution < 1.29 is 37.1 Å². The number of hydrogen-bond donors (Lipinski definition) is 2. The molecule has 0 fully saturated rings. The van der Waals surface area contributed by atoms with Crippen LogP contribution < -0.4 is 14.8 Å². The highest BCUT2D eigenvalue weighted by atomic mass is 32.2. The number of benzene rings is 3. The Kier molecular flexibility index (Phi) is 9.25. The van der Waals surface area contributed by atoms with Crippen LogP contribution in [0, 0.1) is 6.92 Å². The van der Waals surface area contributed by atoms with Gasteiger partial charge >= 0.3 is 11.9 Å². The lowest BCUT2D eigenvalue weighted by atomic mass is 10.1. The Bertz CT molecular complexity index is 1370.